The standard InChI is InChI=1S/C22H24N2/c1-17-3-6-19(7-4-17)11-13-22-14-12-21(16-24-22)10-9-20-8-5-18(2)23-15-20/h3-8,12,14-16H,9-11,13H2,1-2H3. The minimum atomic E-state index is 0.991. The molecule has 1 aromatic carbocycles. The largest absolute Gasteiger partial charge is 0.261 e. The van der Waals surface area contributed by atoms with Crippen molar-refractivity contribution in [1.29, 1.82) is 0 Å². The van der Waals surface area contributed by atoms with Gasteiger partial charge in [-0.3, -0.25) is 9.97 Å². The third-order valence-electron chi connectivity index (χ3n) is 4.35. The molecule has 0 atom stereocenters. The molecule has 0 fully saturated rings. The summed E-state index contributed by atoms with van der Waals surface area (Å²) in [5.41, 5.74) is 7.48. The molecule has 3 aromatic rings. The van der Waals surface area contributed by atoms with E-state index in [1.54, 1.807) is 0 Å². The molecule has 0 radical (unpaired) electrons. The highest BCUT2D eigenvalue weighted by Crippen LogP contribution is 2.10. The summed E-state index contributed by atoms with van der Waals surface area (Å²) >= 11 is 0. The number of rotatable bonds is 6. The van der Waals surface area contributed by atoms with E-state index >= 15 is 0 Å². The Kier molecular flexibility index (Phi) is 5.37. The van der Waals surface area contributed by atoms with Crippen molar-refractivity contribution >= 4 is 0 Å². The topological polar surface area (TPSA) is 25.8 Å². The molecular weight excluding hydrogens is 292 g/mol. The minimum Gasteiger partial charge on any atom is -0.261 e. The van der Waals surface area contributed by atoms with Gasteiger partial charge in [0.1, 0.15) is 0 Å². The molecule has 0 amide bonds. The monoisotopic (exact) mass is 316 g/mol. The zero-order chi connectivity index (χ0) is 16.8. The molecule has 2 aromatic heterocycles. The maximum Gasteiger partial charge on any atom is 0.0407 e. The van der Waals surface area contributed by atoms with Crippen molar-refractivity contribution in [3.8, 4) is 0 Å². The van der Waals surface area contributed by atoms with Gasteiger partial charge >= 0.3 is 0 Å². The van der Waals surface area contributed by atoms with Crippen LogP contribution in [0, 0.1) is 13.8 Å². The molecule has 2 heteroatoms. The molecule has 3 rings (SSSR count). The lowest BCUT2D eigenvalue weighted by atomic mass is 10.0. The lowest BCUT2D eigenvalue weighted by molar-refractivity contribution is 0.890. The summed E-state index contributed by atoms with van der Waals surface area (Å²) in [7, 11) is 0. The summed E-state index contributed by atoms with van der Waals surface area (Å²) < 4.78 is 0. The van der Waals surface area contributed by atoms with E-state index < -0.39 is 0 Å². The molecule has 0 saturated carbocycles. The maximum atomic E-state index is 4.62. The van der Waals surface area contributed by atoms with Gasteiger partial charge in [-0.1, -0.05) is 42.0 Å². The van der Waals surface area contributed by atoms with Crippen LogP contribution in [0.5, 0.6) is 0 Å². The van der Waals surface area contributed by atoms with Crippen molar-refractivity contribution in [3.05, 3.63) is 94.6 Å². The molecule has 0 N–H and O–H groups in total. The first kappa shape index (κ1) is 16.4. The fourth-order valence-corrected chi connectivity index (χ4v) is 2.71. The summed E-state index contributed by atoms with van der Waals surface area (Å²) in [5.74, 6) is 0. The van der Waals surface area contributed by atoms with Crippen LogP contribution in [0.15, 0.2) is 60.9 Å². The summed E-state index contributed by atoms with van der Waals surface area (Å²) in [5, 5.41) is 0. The number of benzene rings is 1. The highest BCUT2D eigenvalue weighted by Gasteiger charge is 2.00. The van der Waals surface area contributed by atoms with Crippen LogP contribution in [0.2, 0.25) is 0 Å². The van der Waals surface area contributed by atoms with Crippen LogP contribution >= 0.6 is 0 Å². The second-order valence-corrected chi connectivity index (χ2v) is 6.45. The first-order chi connectivity index (χ1) is 11.7. The number of aromatic nitrogens is 2. The van der Waals surface area contributed by atoms with Crippen molar-refractivity contribution in [2.75, 3.05) is 0 Å². The number of hydrogen-bond acceptors (Lipinski definition) is 2. The molecule has 0 aliphatic carbocycles. The normalized spacial score (nSPS) is 10.8. The van der Waals surface area contributed by atoms with Crippen LogP contribution < -0.4 is 0 Å². The van der Waals surface area contributed by atoms with E-state index in [1.165, 1.54) is 22.3 Å². The SMILES string of the molecule is Cc1ccc(CCc2ccc(CCc3ccc(C)nc3)cn2)cc1. The highest BCUT2D eigenvalue weighted by molar-refractivity contribution is 5.23. The predicted octanol–water partition coefficient (Wildman–Crippen LogP) is 4.66. The Morgan fingerprint density at radius 2 is 1.17 bits per heavy atom. The second-order valence-electron chi connectivity index (χ2n) is 6.45. The Bertz CT molecular complexity index is 688. The van der Waals surface area contributed by atoms with Gasteiger partial charge in [-0.25, -0.2) is 0 Å². The third-order valence-corrected chi connectivity index (χ3v) is 4.35. The first-order valence-electron chi connectivity index (χ1n) is 8.60. The van der Waals surface area contributed by atoms with Gasteiger partial charge in [-0.05, 0) is 68.4 Å². The van der Waals surface area contributed by atoms with Crippen LogP contribution in [-0.2, 0) is 25.7 Å². The van der Waals surface area contributed by atoms with Gasteiger partial charge < -0.3 is 0 Å². The van der Waals surface area contributed by atoms with Crippen LogP contribution in [0.25, 0.3) is 0 Å². The zero-order valence-corrected chi connectivity index (χ0v) is 14.5. The summed E-state index contributed by atoms with van der Waals surface area (Å²) in [6.07, 6.45) is 8.05. The molecular formula is C22H24N2. The maximum absolute atomic E-state index is 4.62. The van der Waals surface area contributed by atoms with Crippen LogP contribution in [0.3, 0.4) is 0 Å². The number of pyridine rings is 2. The van der Waals surface area contributed by atoms with Gasteiger partial charge in [0.05, 0.1) is 0 Å². The van der Waals surface area contributed by atoms with Gasteiger partial charge in [0.15, 0.2) is 0 Å². The molecule has 0 aliphatic rings. The summed E-state index contributed by atoms with van der Waals surface area (Å²) in [6, 6.07) is 17.4. The van der Waals surface area contributed by atoms with Gasteiger partial charge in [-0.15, -0.1) is 0 Å². The van der Waals surface area contributed by atoms with Gasteiger partial charge in [0.25, 0.3) is 0 Å². The van der Waals surface area contributed by atoms with Gasteiger partial charge in [0.2, 0.25) is 0 Å². The lowest BCUT2D eigenvalue weighted by Gasteiger charge is -2.05. The quantitative estimate of drug-likeness (QED) is 0.661. The van der Waals surface area contributed by atoms with Crippen molar-refractivity contribution in [3.63, 3.8) is 0 Å². The number of nitrogens with zero attached hydrogens (tertiary/aromatic N) is 2. The highest BCUT2D eigenvalue weighted by atomic mass is 14.7. The Balaban J connectivity index is 1.51. The molecule has 2 heterocycles. The fraction of sp³-hybridized carbons (Fsp3) is 0.273. The van der Waals surface area contributed by atoms with Gasteiger partial charge in [0, 0.05) is 23.8 Å². The van der Waals surface area contributed by atoms with Crippen LogP contribution in [-0.4, -0.2) is 9.97 Å². The summed E-state index contributed by atoms with van der Waals surface area (Å²) in [6.45, 7) is 4.14. The lowest BCUT2D eigenvalue weighted by Crippen LogP contribution is -1.97. The van der Waals surface area contributed by atoms with Crippen LogP contribution in [0.4, 0.5) is 0 Å². The molecule has 0 saturated heterocycles. The van der Waals surface area contributed by atoms with Crippen molar-refractivity contribution in [2.24, 2.45) is 0 Å². The average Bonchev–Trinajstić information content (AvgIpc) is 2.62. The van der Waals surface area contributed by atoms with E-state index in [0.717, 1.165) is 37.1 Å². The molecule has 24 heavy (non-hydrogen) atoms. The minimum absolute atomic E-state index is 0.991. The Hall–Kier alpha value is -2.48. The van der Waals surface area contributed by atoms with Crippen molar-refractivity contribution in [2.45, 2.75) is 39.5 Å². The van der Waals surface area contributed by atoms with E-state index in [2.05, 4.69) is 65.4 Å². The molecule has 0 aliphatic heterocycles. The van der Waals surface area contributed by atoms with Crippen LogP contribution in [0.1, 0.15) is 33.6 Å². The third kappa shape index (κ3) is 4.76. The summed E-state index contributed by atoms with van der Waals surface area (Å²) in [4.78, 5) is 8.97. The van der Waals surface area contributed by atoms with E-state index in [0.29, 0.717) is 0 Å². The average molecular weight is 316 g/mol. The van der Waals surface area contributed by atoms with Crippen molar-refractivity contribution in [1.82, 2.24) is 9.97 Å². The molecule has 0 spiro atoms. The number of hydrogen-bond donors (Lipinski definition) is 0. The van der Waals surface area contributed by atoms with E-state index in [4.69, 9.17) is 0 Å². The number of aryl methyl sites for hydroxylation is 6. The molecule has 122 valence electrons. The molecule has 2 nitrogen and oxygen atoms in total. The smallest absolute Gasteiger partial charge is 0.0407 e. The zero-order valence-electron chi connectivity index (χ0n) is 14.5. The Morgan fingerprint density at radius 1 is 0.583 bits per heavy atom. The second kappa shape index (κ2) is 7.87. The fourth-order valence-electron chi connectivity index (χ4n) is 2.71. The molecule has 0 unspecified atom stereocenters. The van der Waals surface area contributed by atoms with Crippen molar-refractivity contribution < 1.29 is 0 Å². The predicted molar refractivity (Wildman–Crippen MR) is 99.2 cm³/mol. The van der Waals surface area contributed by atoms with E-state index in [-0.39, 0.29) is 0 Å². The Morgan fingerprint density at radius 3 is 1.75 bits per heavy atom. The Labute approximate surface area is 144 Å². The first-order valence-corrected chi connectivity index (χ1v) is 8.60. The van der Waals surface area contributed by atoms with E-state index in [1.807, 2.05) is 19.3 Å². The van der Waals surface area contributed by atoms with Gasteiger partial charge in [-0.2, -0.15) is 0 Å². The molecule has 0 bridgehead atoms. The van der Waals surface area contributed by atoms with E-state index in [9.17, 15) is 0 Å².